The number of nitrogens with one attached hydrogen (secondary N) is 1. The summed E-state index contributed by atoms with van der Waals surface area (Å²) in [6, 6.07) is 6.57. The van der Waals surface area contributed by atoms with E-state index in [1.807, 2.05) is 12.1 Å². The number of para-hydroxylation sites is 1. The van der Waals surface area contributed by atoms with Gasteiger partial charge in [0.15, 0.2) is 11.5 Å². The van der Waals surface area contributed by atoms with Crippen molar-refractivity contribution in [3.8, 4) is 11.5 Å². The van der Waals surface area contributed by atoms with Crippen molar-refractivity contribution >= 4 is 0 Å². The van der Waals surface area contributed by atoms with Gasteiger partial charge >= 0.3 is 0 Å². The quantitative estimate of drug-likeness (QED) is 0.874. The lowest BCUT2D eigenvalue weighted by molar-refractivity contribution is -0.126. The van der Waals surface area contributed by atoms with Gasteiger partial charge in [0.05, 0.1) is 6.10 Å². The molecule has 3 atom stereocenters. The average Bonchev–Trinajstić information content (AvgIpc) is 2.98. The molecule has 0 spiro atoms. The third kappa shape index (κ3) is 2.51. The Hall–Kier alpha value is -1.26. The van der Waals surface area contributed by atoms with Gasteiger partial charge in [0.1, 0.15) is 0 Å². The highest BCUT2D eigenvalue weighted by atomic mass is 16.7. The molecule has 0 bridgehead atoms. The molecule has 4 nitrogen and oxygen atoms in total. The first-order valence-electron chi connectivity index (χ1n) is 7.91. The molecular formula is C17H25NO3. The van der Waals surface area contributed by atoms with Crippen molar-refractivity contribution in [2.75, 3.05) is 13.4 Å². The van der Waals surface area contributed by atoms with Crippen LogP contribution >= 0.6 is 0 Å². The average molecular weight is 291 g/mol. The molecule has 0 radical (unpaired) electrons. The molecular weight excluding hydrogens is 266 g/mol. The molecule has 4 heteroatoms. The number of benzene rings is 1. The standard InChI is InChI=1S/C17H25NO3/c1-4-17(3)14(9-15(17)19-5-2)18-10-12-7-6-8-13-16(12)21-11-20-13/h6-8,14-15,18H,4-5,9-11H2,1-3H3. The lowest BCUT2D eigenvalue weighted by atomic mass is 9.61. The van der Waals surface area contributed by atoms with Crippen LogP contribution in [-0.4, -0.2) is 25.5 Å². The number of fused-ring (bicyclic) bond motifs is 1. The van der Waals surface area contributed by atoms with E-state index < -0.39 is 0 Å². The first-order chi connectivity index (χ1) is 10.2. The van der Waals surface area contributed by atoms with Crippen molar-refractivity contribution < 1.29 is 14.2 Å². The van der Waals surface area contributed by atoms with E-state index >= 15 is 0 Å². The molecule has 0 aromatic heterocycles. The fraction of sp³-hybridized carbons (Fsp3) is 0.647. The minimum absolute atomic E-state index is 0.228. The molecule has 1 aromatic carbocycles. The SMILES string of the molecule is CCOC1CC(NCc2cccc3c2OCO3)C1(C)CC. The fourth-order valence-electron chi connectivity index (χ4n) is 3.43. The van der Waals surface area contributed by atoms with Gasteiger partial charge in [-0.05, 0) is 25.8 Å². The lowest BCUT2D eigenvalue weighted by Crippen LogP contribution is -2.61. The van der Waals surface area contributed by atoms with E-state index in [1.54, 1.807) is 0 Å². The number of ether oxygens (including phenoxy) is 3. The summed E-state index contributed by atoms with van der Waals surface area (Å²) < 4.78 is 16.8. The minimum atomic E-state index is 0.228. The molecule has 116 valence electrons. The Kier molecular flexibility index (Phi) is 4.09. The molecule has 1 aromatic rings. The normalized spacial score (nSPS) is 30.2. The number of hydrogen-bond acceptors (Lipinski definition) is 4. The molecule has 21 heavy (non-hydrogen) atoms. The second-order valence-electron chi connectivity index (χ2n) is 6.12. The van der Waals surface area contributed by atoms with Crippen molar-refractivity contribution in [3.63, 3.8) is 0 Å². The molecule has 1 aliphatic carbocycles. The van der Waals surface area contributed by atoms with Gasteiger partial charge in [0.25, 0.3) is 0 Å². The summed E-state index contributed by atoms with van der Waals surface area (Å²) in [4.78, 5) is 0. The van der Waals surface area contributed by atoms with Crippen LogP contribution < -0.4 is 14.8 Å². The Bertz CT molecular complexity index is 505. The smallest absolute Gasteiger partial charge is 0.231 e. The van der Waals surface area contributed by atoms with E-state index in [1.165, 1.54) is 5.56 Å². The zero-order chi connectivity index (χ0) is 14.9. The fourth-order valence-corrected chi connectivity index (χ4v) is 3.43. The van der Waals surface area contributed by atoms with E-state index in [-0.39, 0.29) is 5.41 Å². The molecule has 1 fully saturated rings. The summed E-state index contributed by atoms with van der Waals surface area (Å²) in [5.74, 6) is 1.75. The Morgan fingerprint density at radius 1 is 1.33 bits per heavy atom. The Labute approximate surface area is 126 Å². The van der Waals surface area contributed by atoms with Crippen molar-refractivity contribution in [3.05, 3.63) is 23.8 Å². The van der Waals surface area contributed by atoms with Crippen LogP contribution in [0.1, 0.15) is 39.2 Å². The van der Waals surface area contributed by atoms with Gasteiger partial charge in [-0.15, -0.1) is 0 Å². The van der Waals surface area contributed by atoms with Gasteiger partial charge in [-0.25, -0.2) is 0 Å². The van der Waals surface area contributed by atoms with Gasteiger partial charge in [-0.1, -0.05) is 26.0 Å². The van der Waals surface area contributed by atoms with E-state index in [4.69, 9.17) is 14.2 Å². The van der Waals surface area contributed by atoms with Crippen LogP contribution in [0.2, 0.25) is 0 Å². The molecule has 0 saturated heterocycles. The Balaban J connectivity index is 1.63. The van der Waals surface area contributed by atoms with E-state index in [2.05, 4.69) is 32.2 Å². The van der Waals surface area contributed by atoms with E-state index in [0.717, 1.165) is 37.5 Å². The van der Waals surface area contributed by atoms with Gasteiger partial charge in [-0.3, -0.25) is 0 Å². The second kappa shape index (κ2) is 5.85. The molecule has 1 saturated carbocycles. The van der Waals surface area contributed by atoms with Crippen molar-refractivity contribution in [2.24, 2.45) is 5.41 Å². The Morgan fingerprint density at radius 2 is 2.19 bits per heavy atom. The lowest BCUT2D eigenvalue weighted by Gasteiger charge is -2.53. The maximum absolute atomic E-state index is 5.86. The van der Waals surface area contributed by atoms with Crippen LogP contribution in [0.25, 0.3) is 0 Å². The highest BCUT2D eigenvalue weighted by Crippen LogP contribution is 2.46. The number of hydrogen-bond donors (Lipinski definition) is 1. The summed E-state index contributed by atoms with van der Waals surface area (Å²) in [6.07, 6.45) is 2.60. The number of rotatable bonds is 6. The maximum Gasteiger partial charge on any atom is 0.231 e. The van der Waals surface area contributed by atoms with Crippen LogP contribution in [-0.2, 0) is 11.3 Å². The third-order valence-electron chi connectivity index (χ3n) is 5.13. The molecule has 2 aliphatic rings. The monoisotopic (exact) mass is 291 g/mol. The minimum Gasteiger partial charge on any atom is -0.454 e. The van der Waals surface area contributed by atoms with Gasteiger partial charge in [0, 0.05) is 30.2 Å². The highest BCUT2D eigenvalue weighted by Gasteiger charge is 2.50. The van der Waals surface area contributed by atoms with Crippen LogP contribution in [0.15, 0.2) is 18.2 Å². The summed E-state index contributed by atoms with van der Waals surface area (Å²) in [5.41, 5.74) is 1.40. The molecule has 3 rings (SSSR count). The van der Waals surface area contributed by atoms with Gasteiger partial charge < -0.3 is 19.5 Å². The largest absolute Gasteiger partial charge is 0.454 e. The van der Waals surface area contributed by atoms with Crippen molar-refractivity contribution in [2.45, 2.75) is 52.3 Å². The van der Waals surface area contributed by atoms with Crippen molar-refractivity contribution in [1.82, 2.24) is 5.32 Å². The van der Waals surface area contributed by atoms with Crippen LogP contribution in [0.3, 0.4) is 0 Å². The third-order valence-corrected chi connectivity index (χ3v) is 5.13. The second-order valence-corrected chi connectivity index (χ2v) is 6.12. The van der Waals surface area contributed by atoms with Gasteiger partial charge in [-0.2, -0.15) is 0 Å². The zero-order valence-corrected chi connectivity index (χ0v) is 13.1. The summed E-state index contributed by atoms with van der Waals surface area (Å²) in [7, 11) is 0. The first-order valence-corrected chi connectivity index (χ1v) is 7.91. The van der Waals surface area contributed by atoms with E-state index in [0.29, 0.717) is 18.9 Å². The van der Waals surface area contributed by atoms with E-state index in [9.17, 15) is 0 Å². The zero-order valence-electron chi connectivity index (χ0n) is 13.1. The molecule has 0 amide bonds. The Morgan fingerprint density at radius 3 is 2.95 bits per heavy atom. The molecule has 1 N–H and O–H groups in total. The van der Waals surface area contributed by atoms with Crippen LogP contribution in [0, 0.1) is 5.41 Å². The van der Waals surface area contributed by atoms with Crippen LogP contribution in [0.4, 0.5) is 0 Å². The topological polar surface area (TPSA) is 39.7 Å². The summed E-state index contributed by atoms with van der Waals surface area (Å²) >= 11 is 0. The highest BCUT2D eigenvalue weighted by molar-refractivity contribution is 5.48. The van der Waals surface area contributed by atoms with Crippen molar-refractivity contribution in [1.29, 1.82) is 0 Å². The molecule has 1 aliphatic heterocycles. The predicted octanol–water partition coefficient (Wildman–Crippen LogP) is 3.10. The van der Waals surface area contributed by atoms with Gasteiger partial charge in [0.2, 0.25) is 6.79 Å². The summed E-state index contributed by atoms with van der Waals surface area (Å²) in [6.45, 7) is 8.58. The molecule has 3 unspecified atom stereocenters. The van der Waals surface area contributed by atoms with Crippen LogP contribution in [0.5, 0.6) is 11.5 Å². The maximum atomic E-state index is 5.86. The predicted molar refractivity (Wildman–Crippen MR) is 81.6 cm³/mol. The first kappa shape index (κ1) is 14.7. The molecule has 1 heterocycles. The summed E-state index contributed by atoms with van der Waals surface area (Å²) in [5, 5.41) is 3.68.